The number of nitrogens with zero attached hydrogens (tertiary/aromatic N) is 1. The van der Waals surface area contributed by atoms with Crippen LogP contribution in [0.25, 0.3) is 0 Å². The Balaban J connectivity index is 4.57. The summed E-state index contributed by atoms with van der Waals surface area (Å²) in [6.45, 7) is 0.665. The molecule has 0 unspecified atom stereocenters. The number of hydrogen-bond acceptors (Lipinski definition) is 8. The van der Waals surface area contributed by atoms with Gasteiger partial charge in [-0.05, 0) is 19.8 Å². The van der Waals surface area contributed by atoms with Crippen molar-refractivity contribution in [2.24, 2.45) is 22.2 Å². The van der Waals surface area contributed by atoms with E-state index >= 15 is 0 Å². The molecule has 156 valence electrons. The highest BCUT2D eigenvalue weighted by Gasteiger charge is 2.33. The fraction of sp³-hybridized carbons (Fsp3) is 0.714. The summed E-state index contributed by atoms with van der Waals surface area (Å²) < 4.78 is 0. The highest BCUT2D eigenvalue weighted by atomic mass is 16.5. The molecule has 2 amide bonds. The van der Waals surface area contributed by atoms with Crippen molar-refractivity contribution in [3.8, 4) is 0 Å². The third-order valence-corrected chi connectivity index (χ3v) is 3.46. The number of carbonyl (C=O) groups excluding carboxylic acids is 2. The van der Waals surface area contributed by atoms with Gasteiger partial charge >= 0.3 is 5.97 Å². The molecule has 0 aliphatic rings. The SMILES string of the molecule is CC(O)(O)[C@H](CCCN=C(N)N)NC(=O)CNC(=O)[C@](N)(O)CCC(=O)O. The molecule has 0 radical (unpaired) electrons. The van der Waals surface area contributed by atoms with E-state index in [1.807, 2.05) is 5.32 Å². The van der Waals surface area contributed by atoms with E-state index in [1.54, 1.807) is 0 Å². The Morgan fingerprint density at radius 3 is 2.26 bits per heavy atom. The molecular formula is C14H28N6O7. The predicted octanol–water partition coefficient (Wildman–Crippen LogP) is -4.15. The van der Waals surface area contributed by atoms with Crippen molar-refractivity contribution in [2.45, 2.75) is 50.2 Å². The molecule has 0 aromatic carbocycles. The van der Waals surface area contributed by atoms with Gasteiger partial charge in [0.05, 0.1) is 12.6 Å². The van der Waals surface area contributed by atoms with Gasteiger partial charge in [0.1, 0.15) is 0 Å². The number of aliphatic hydroxyl groups is 3. The molecule has 0 bridgehead atoms. The first-order valence-corrected chi connectivity index (χ1v) is 8.06. The molecule has 0 heterocycles. The lowest BCUT2D eigenvalue weighted by Crippen LogP contribution is -2.57. The highest BCUT2D eigenvalue weighted by molar-refractivity contribution is 5.89. The van der Waals surface area contributed by atoms with Crippen LogP contribution in [0.5, 0.6) is 0 Å². The third kappa shape index (κ3) is 11.0. The first-order valence-electron chi connectivity index (χ1n) is 8.06. The maximum atomic E-state index is 11.9. The zero-order valence-electron chi connectivity index (χ0n) is 15.0. The van der Waals surface area contributed by atoms with Crippen LogP contribution in [0.4, 0.5) is 0 Å². The largest absolute Gasteiger partial charge is 0.481 e. The van der Waals surface area contributed by atoms with Crippen LogP contribution in [0.1, 0.15) is 32.6 Å². The molecule has 0 aliphatic carbocycles. The molecule has 0 saturated carbocycles. The van der Waals surface area contributed by atoms with Crippen molar-refractivity contribution in [1.29, 1.82) is 0 Å². The molecule has 0 rings (SSSR count). The average Bonchev–Trinajstić information content (AvgIpc) is 2.52. The fourth-order valence-corrected chi connectivity index (χ4v) is 1.96. The van der Waals surface area contributed by atoms with E-state index in [-0.39, 0.29) is 18.9 Å². The molecule has 2 atom stereocenters. The summed E-state index contributed by atoms with van der Waals surface area (Å²) in [5.74, 6) is -5.53. The normalized spacial score (nSPS) is 14.6. The summed E-state index contributed by atoms with van der Waals surface area (Å²) in [6.07, 6.45) is -0.629. The van der Waals surface area contributed by atoms with Gasteiger partial charge in [-0.25, -0.2) is 0 Å². The first-order chi connectivity index (χ1) is 12.3. The van der Waals surface area contributed by atoms with Crippen molar-refractivity contribution >= 4 is 23.7 Å². The van der Waals surface area contributed by atoms with E-state index < -0.39 is 54.7 Å². The van der Waals surface area contributed by atoms with E-state index in [2.05, 4.69) is 10.3 Å². The lowest BCUT2D eigenvalue weighted by molar-refractivity contribution is -0.172. The lowest BCUT2D eigenvalue weighted by atomic mass is 10.0. The van der Waals surface area contributed by atoms with Crippen molar-refractivity contribution in [3.63, 3.8) is 0 Å². The summed E-state index contributed by atoms with van der Waals surface area (Å²) in [5.41, 5.74) is 13.2. The van der Waals surface area contributed by atoms with Gasteiger partial charge in [-0.15, -0.1) is 0 Å². The topological polar surface area (TPSA) is 247 Å². The maximum absolute atomic E-state index is 11.9. The summed E-state index contributed by atoms with van der Waals surface area (Å²) in [5, 5.41) is 42.0. The van der Waals surface area contributed by atoms with Crippen LogP contribution in [0.15, 0.2) is 4.99 Å². The number of amides is 2. The van der Waals surface area contributed by atoms with Gasteiger partial charge in [0.2, 0.25) is 5.91 Å². The molecule has 0 aromatic heterocycles. The Kier molecular flexibility index (Phi) is 9.64. The van der Waals surface area contributed by atoms with E-state index in [9.17, 15) is 29.7 Å². The maximum Gasteiger partial charge on any atom is 0.303 e. The molecule has 0 aliphatic heterocycles. The summed E-state index contributed by atoms with van der Waals surface area (Å²) >= 11 is 0. The average molecular weight is 392 g/mol. The number of guanidine groups is 1. The van der Waals surface area contributed by atoms with E-state index in [1.165, 1.54) is 0 Å². The molecule has 13 heteroatoms. The van der Waals surface area contributed by atoms with Gasteiger partial charge in [-0.2, -0.15) is 0 Å². The van der Waals surface area contributed by atoms with Gasteiger partial charge < -0.3 is 42.5 Å². The third-order valence-electron chi connectivity index (χ3n) is 3.46. The van der Waals surface area contributed by atoms with Crippen molar-refractivity contribution < 1.29 is 34.8 Å². The molecule has 0 spiro atoms. The number of carboxylic acid groups (broad SMARTS) is 1. The van der Waals surface area contributed by atoms with Gasteiger partial charge in [0.25, 0.3) is 5.91 Å². The number of nitrogens with one attached hydrogen (secondary N) is 2. The number of hydrogen-bond donors (Lipinski definition) is 9. The van der Waals surface area contributed by atoms with E-state index in [4.69, 9.17) is 22.3 Å². The van der Waals surface area contributed by atoms with Crippen molar-refractivity contribution in [2.75, 3.05) is 13.1 Å². The molecule has 27 heavy (non-hydrogen) atoms. The van der Waals surface area contributed by atoms with E-state index in [0.717, 1.165) is 6.92 Å². The predicted molar refractivity (Wildman–Crippen MR) is 93.7 cm³/mol. The molecule has 0 aromatic rings. The molecule has 13 nitrogen and oxygen atoms in total. The second kappa shape index (κ2) is 10.6. The minimum absolute atomic E-state index is 0.119. The minimum atomic E-state index is -2.46. The second-order valence-corrected chi connectivity index (χ2v) is 6.16. The lowest BCUT2D eigenvalue weighted by Gasteiger charge is -2.29. The zero-order chi connectivity index (χ0) is 21.3. The summed E-state index contributed by atoms with van der Waals surface area (Å²) in [7, 11) is 0. The van der Waals surface area contributed by atoms with Crippen LogP contribution in [-0.4, -0.2) is 74.8 Å². The first kappa shape index (κ1) is 24.5. The second-order valence-electron chi connectivity index (χ2n) is 6.16. The number of aliphatic imine (C=N–C) groups is 1. The number of nitrogens with two attached hydrogens (primary N) is 3. The van der Waals surface area contributed by atoms with Crippen LogP contribution < -0.4 is 27.8 Å². The molecule has 0 saturated heterocycles. The number of rotatable bonds is 12. The van der Waals surface area contributed by atoms with E-state index in [0.29, 0.717) is 6.42 Å². The Morgan fingerprint density at radius 2 is 1.78 bits per heavy atom. The fourth-order valence-electron chi connectivity index (χ4n) is 1.96. The Hall–Kier alpha value is -2.48. The molecule has 12 N–H and O–H groups in total. The highest BCUT2D eigenvalue weighted by Crippen LogP contribution is 2.11. The Labute approximate surface area is 155 Å². The van der Waals surface area contributed by atoms with Crippen LogP contribution in [0.2, 0.25) is 0 Å². The Bertz CT molecular complexity index is 555. The Morgan fingerprint density at radius 1 is 1.19 bits per heavy atom. The monoisotopic (exact) mass is 392 g/mol. The van der Waals surface area contributed by atoms with Gasteiger partial charge in [0, 0.05) is 19.4 Å². The van der Waals surface area contributed by atoms with Crippen LogP contribution in [-0.2, 0) is 14.4 Å². The summed E-state index contributed by atoms with van der Waals surface area (Å²) in [6, 6.07) is -1.08. The van der Waals surface area contributed by atoms with Crippen molar-refractivity contribution in [1.82, 2.24) is 10.6 Å². The van der Waals surface area contributed by atoms with Gasteiger partial charge in [0.15, 0.2) is 17.5 Å². The number of aliphatic carboxylic acids is 1. The van der Waals surface area contributed by atoms with Gasteiger partial charge in [-0.3, -0.25) is 25.1 Å². The smallest absolute Gasteiger partial charge is 0.303 e. The summed E-state index contributed by atoms with van der Waals surface area (Å²) in [4.78, 5) is 37.8. The minimum Gasteiger partial charge on any atom is -0.481 e. The van der Waals surface area contributed by atoms with Crippen LogP contribution >= 0.6 is 0 Å². The molecular weight excluding hydrogens is 364 g/mol. The van der Waals surface area contributed by atoms with Crippen LogP contribution in [0, 0.1) is 0 Å². The van der Waals surface area contributed by atoms with Gasteiger partial charge in [-0.1, -0.05) is 0 Å². The molecule has 0 fully saturated rings. The number of carboxylic acids is 1. The number of carbonyl (C=O) groups is 3. The zero-order valence-corrected chi connectivity index (χ0v) is 15.0. The van der Waals surface area contributed by atoms with Crippen LogP contribution in [0.3, 0.4) is 0 Å². The quantitative estimate of drug-likeness (QED) is 0.0671. The van der Waals surface area contributed by atoms with Crippen molar-refractivity contribution in [3.05, 3.63) is 0 Å². The standard InChI is InChI=1S/C14H28N6O7/c1-13(25,26)8(3-2-6-18-12(15)16)20-9(21)7-19-11(24)14(17,27)5-4-10(22)23/h8,25-27H,2-7,17H2,1H3,(H,19,24)(H,20,21)(H,22,23)(H4,15,16,18)/t8-,14+/m0/s1.